The monoisotopic (exact) mass is 283 g/mol. The number of hydrogen-bond acceptors (Lipinski definition) is 4. The fourth-order valence-corrected chi connectivity index (χ4v) is 1.43. The minimum absolute atomic E-state index is 0.234. The van der Waals surface area contributed by atoms with E-state index >= 15 is 0 Å². The maximum atomic E-state index is 11.6. The molecular formula is C12H21N5O3. The lowest BCUT2D eigenvalue weighted by molar-refractivity contribution is -0.137. The molecule has 112 valence electrons. The number of nitrogens with zero attached hydrogens (tertiary/aromatic N) is 3. The second-order valence-corrected chi connectivity index (χ2v) is 4.78. The first-order chi connectivity index (χ1) is 9.38. The van der Waals surface area contributed by atoms with Crippen molar-refractivity contribution in [3.05, 3.63) is 12.4 Å². The van der Waals surface area contributed by atoms with Crippen LogP contribution in [0, 0.1) is 0 Å². The molecule has 20 heavy (non-hydrogen) atoms. The third-order valence-electron chi connectivity index (χ3n) is 2.82. The van der Waals surface area contributed by atoms with Crippen molar-refractivity contribution in [2.75, 3.05) is 25.5 Å². The van der Waals surface area contributed by atoms with E-state index in [4.69, 9.17) is 5.11 Å². The summed E-state index contributed by atoms with van der Waals surface area (Å²) in [5.41, 5.74) is 0.459. The Morgan fingerprint density at radius 1 is 1.50 bits per heavy atom. The highest BCUT2D eigenvalue weighted by Gasteiger charge is 2.07. The Morgan fingerprint density at radius 3 is 2.80 bits per heavy atom. The van der Waals surface area contributed by atoms with E-state index in [1.54, 1.807) is 0 Å². The van der Waals surface area contributed by atoms with Gasteiger partial charge >= 0.3 is 12.0 Å². The number of urea groups is 1. The first-order valence-electron chi connectivity index (χ1n) is 6.38. The summed E-state index contributed by atoms with van der Waals surface area (Å²) >= 11 is 0. The van der Waals surface area contributed by atoms with Gasteiger partial charge in [0.2, 0.25) is 0 Å². The Balaban J connectivity index is 2.31. The Morgan fingerprint density at radius 2 is 2.20 bits per heavy atom. The lowest BCUT2D eigenvalue weighted by Gasteiger charge is -2.20. The molecule has 1 rings (SSSR count). The molecular weight excluding hydrogens is 262 g/mol. The van der Waals surface area contributed by atoms with Crippen molar-refractivity contribution in [3.63, 3.8) is 0 Å². The van der Waals surface area contributed by atoms with E-state index in [1.165, 1.54) is 17.1 Å². The van der Waals surface area contributed by atoms with E-state index in [1.807, 2.05) is 7.05 Å². The molecule has 0 unspecified atom stereocenters. The molecule has 8 nitrogen and oxygen atoms in total. The van der Waals surface area contributed by atoms with Gasteiger partial charge in [-0.1, -0.05) is 0 Å². The number of likely N-dealkylation sites (N-methyl/N-ethyl adjacent to an activating group) is 1. The number of nitrogens with one attached hydrogen (secondary N) is 2. The van der Waals surface area contributed by atoms with Crippen LogP contribution in [-0.2, 0) is 11.3 Å². The number of anilines is 1. The van der Waals surface area contributed by atoms with Crippen LogP contribution in [-0.4, -0.2) is 58.0 Å². The number of carbonyl (C=O) groups is 2. The predicted octanol–water partition coefficient (Wildman–Crippen LogP) is 0.429. The van der Waals surface area contributed by atoms with Crippen molar-refractivity contribution in [1.29, 1.82) is 0 Å². The van der Waals surface area contributed by atoms with E-state index in [0.717, 1.165) is 6.54 Å². The van der Waals surface area contributed by atoms with Gasteiger partial charge in [-0.15, -0.1) is 0 Å². The van der Waals surface area contributed by atoms with Crippen LogP contribution in [0.5, 0.6) is 0 Å². The lowest BCUT2D eigenvalue weighted by Crippen LogP contribution is -2.37. The van der Waals surface area contributed by atoms with Gasteiger partial charge in [0, 0.05) is 25.3 Å². The zero-order valence-corrected chi connectivity index (χ0v) is 12.0. The molecule has 0 bridgehead atoms. The molecule has 0 aromatic carbocycles. The molecule has 0 spiro atoms. The fraction of sp³-hybridized carbons (Fsp3) is 0.583. The molecule has 1 heterocycles. The molecule has 3 N–H and O–H groups in total. The first kappa shape index (κ1) is 16.0. The third kappa shape index (κ3) is 5.70. The van der Waals surface area contributed by atoms with Crippen molar-refractivity contribution in [2.24, 2.45) is 0 Å². The normalized spacial score (nSPS) is 10.8. The summed E-state index contributed by atoms with van der Waals surface area (Å²) in [4.78, 5) is 24.2. The molecule has 0 radical (unpaired) electrons. The van der Waals surface area contributed by atoms with Gasteiger partial charge in [0.1, 0.15) is 6.54 Å². The second kappa shape index (κ2) is 7.49. The highest BCUT2D eigenvalue weighted by Crippen LogP contribution is 2.04. The molecule has 1 aromatic heterocycles. The number of carbonyl (C=O) groups excluding carboxylic acids is 1. The molecule has 0 fully saturated rings. The zero-order valence-electron chi connectivity index (χ0n) is 12.0. The number of rotatable bonds is 7. The van der Waals surface area contributed by atoms with Gasteiger partial charge in [0.15, 0.2) is 0 Å². The fourth-order valence-electron chi connectivity index (χ4n) is 1.43. The van der Waals surface area contributed by atoms with Crippen LogP contribution in [0.4, 0.5) is 10.5 Å². The highest BCUT2D eigenvalue weighted by molar-refractivity contribution is 5.88. The average Bonchev–Trinajstić information content (AvgIpc) is 2.75. The van der Waals surface area contributed by atoms with E-state index in [0.29, 0.717) is 18.3 Å². The summed E-state index contributed by atoms with van der Waals surface area (Å²) in [6, 6.07) is 0.0890. The van der Waals surface area contributed by atoms with Gasteiger partial charge in [0.05, 0.1) is 11.9 Å². The number of amides is 2. The molecule has 1 aromatic rings. The van der Waals surface area contributed by atoms with E-state index in [9.17, 15) is 9.59 Å². The quantitative estimate of drug-likeness (QED) is 0.674. The minimum Gasteiger partial charge on any atom is -0.480 e. The van der Waals surface area contributed by atoms with Crippen LogP contribution in [0.3, 0.4) is 0 Å². The van der Waals surface area contributed by atoms with E-state index in [2.05, 4.69) is 34.5 Å². The van der Waals surface area contributed by atoms with E-state index < -0.39 is 5.97 Å². The van der Waals surface area contributed by atoms with E-state index in [-0.39, 0.29) is 12.6 Å². The molecule has 0 saturated heterocycles. The minimum atomic E-state index is -0.985. The summed E-state index contributed by atoms with van der Waals surface area (Å²) in [7, 11) is 1.99. The molecule has 0 aliphatic heterocycles. The Bertz CT molecular complexity index is 458. The standard InChI is InChI=1S/C12H21N5O3/c1-9(2)16(3)5-4-13-12(20)15-10-6-14-17(7-10)8-11(18)19/h6-7,9H,4-5,8H2,1-3H3,(H,18,19)(H2,13,15,20). The summed E-state index contributed by atoms with van der Waals surface area (Å²) in [6.07, 6.45) is 2.87. The molecule has 0 atom stereocenters. The summed E-state index contributed by atoms with van der Waals surface area (Å²) < 4.78 is 1.24. The summed E-state index contributed by atoms with van der Waals surface area (Å²) in [6.45, 7) is 5.21. The maximum absolute atomic E-state index is 11.6. The third-order valence-corrected chi connectivity index (χ3v) is 2.82. The maximum Gasteiger partial charge on any atom is 0.325 e. The topological polar surface area (TPSA) is 99.5 Å². The second-order valence-electron chi connectivity index (χ2n) is 4.78. The van der Waals surface area contributed by atoms with Gasteiger partial charge < -0.3 is 20.6 Å². The summed E-state index contributed by atoms with van der Waals surface area (Å²) in [5.74, 6) is -0.985. The van der Waals surface area contributed by atoms with Gasteiger partial charge in [-0.2, -0.15) is 5.10 Å². The zero-order chi connectivity index (χ0) is 15.1. The average molecular weight is 283 g/mol. The number of aliphatic carboxylic acids is 1. The SMILES string of the molecule is CC(C)N(C)CCNC(=O)Nc1cnn(CC(=O)O)c1. The van der Waals surface area contributed by atoms with Crippen LogP contribution in [0.25, 0.3) is 0 Å². The van der Waals surface area contributed by atoms with Gasteiger partial charge in [-0.05, 0) is 20.9 Å². The predicted molar refractivity (Wildman–Crippen MR) is 74.7 cm³/mol. The van der Waals surface area contributed by atoms with Crippen LogP contribution in [0.15, 0.2) is 12.4 Å². The Kier molecular flexibility index (Phi) is 5.98. The smallest absolute Gasteiger partial charge is 0.325 e. The van der Waals surface area contributed by atoms with Gasteiger partial charge in [0.25, 0.3) is 0 Å². The first-order valence-corrected chi connectivity index (χ1v) is 6.38. The van der Waals surface area contributed by atoms with Crippen molar-refractivity contribution in [2.45, 2.75) is 26.4 Å². The molecule has 0 saturated carbocycles. The van der Waals surface area contributed by atoms with Crippen molar-refractivity contribution in [3.8, 4) is 0 Å². The van der Waals surface area contributed by atoms with Crippen LogP contribution in [0.1, 0.15) is 13.8 Å². The largest absolute Gasteiger partial charge is 0.480 e. The van der Waals surface area contributed by atoms with Crippen LogP contribution < -0.4 is 10.6 Å². The van der Waals surface area contributed by atoms with Gasteiger partial charge in [-0.3, -0.25) is 9.48 Å². The summed E-state index contributed by atoms with van der Waals surface area (Å²) in [5, 5.41) is 17.7. The Labute approximate surface area is 117 Å². The Hall–Kier alpha value is -2.09. The number of carboxylic acid groups (broad SMARTS) is 1. The lowest BCUT2D eigenvalue weighted by atomic mass is 10.3. The molecule has 0 aliphatic carbocycles. The number of carboxylic acids is 1. The van der Waals surface area contributed by atoms with Crippen molar-refractivity contribution >= 4 is 17.7 Å². The molecule has 8 heteroatoms. The van der Waals surface area contributed by atoms with Gasteiger partial charge in [-0.25, -0.2) is 4.79 Å². The number of aromatic nitrogens is 2. The van der Waals surface area contributed by atoms with Crippen LogP contribution in [0.2, 0.25) is 0 Å². The molecule has 2 amide bonds. The van der Waals surface area contributed by atoms with Crippen molar-refractivity contribution < 1.29 is 14.7 Å². The van der Waals surface area contributed by atoms with Crippen molar-refractivity contribution in [1.82, 2.24) is 20.0 Å². The molecule has 0 aliphatic rings. The highest BCUT2D eigenvalue weighted by atomic mass is 16.4. The van der Waals surface area contributed by atoms with Crippen LogP contribution >= 0.6 is 0 Å². The number of hydrogen-bond donors (Lipinski definition) is 3.